The molecule has 4 heterocycles. The zero-order valence-corrected chi connectivity index (χ0v) is 23.3. The summed E-state index contributed by atoms with van der Waals surface area (Å²) in [6, 6.07) is 17.9. The van der Waals surface area contributed by atoms with E-state index in [2.05, 4.69) is 15.4 Å². The molecule has 202 valence electrons. The van der Waals surface area contributed by atoms with Crippen LogP contribution in [0.3, 0.4) is 0 Å². The number of aryl methyl sites for hydroxylation is 2. The van der Waals surface area contributed by atoms with Gasteiger partial charge in [0.15, 0.2) is 0 Å². The van der Waals surface area contributed by atoms with Gasteiger partial charge < -0.3 is 14.8 Å². The molecular weight excluding hydrogens is 524 g/mol. The number of aromatic nitrogens is 4. The lowest BCUT2D eigenvalue weighted by Crippen LogP contribution is -2.46. The number of thiazole rings is 1. The smallest absolute Gasteiger partial charge is 0.263 e. The Morgan fingerprint density at radius 2 is 1.75 bits per heavy atom. The zero-order valence-electron chi connectivity index (χ0n) is 22.5. The van der Waals surface area contributed by atoms with Crippen LogP contribution in [0.1, 0.15) is 40.1 Å². The lowest BCUT2D eigenvalue weighted by molar-refractivity contribution is -0.124. The standard InChI is InChI=1S/C30H28N6O3S/c1-18-31-16-24(40-18)28(38)33-27-26(19-8-6-5-7-9-19)35(29(39)30(27,2)3)21-10-12-23-20(14-21)15-32-36(23)22-11-13-25(37)34(4)17-22/h5-17,26-27H,1-4H3,(H,33,38)/t26-,27-/m0/s1. The summed E-state index contributed by atoms with van der Waals surface area (Å²) < 4.78 is 3.28. The number of carbonyl (C=O) groups is 2. The molecule has 10 heteroatoms. The Bertz CT molecular complexity index is 1820. The molecule has 0 saturated carbocycles. The quantitative estimate of drug-likeness (QED) is 0.348. The minimum Gasteiger partial charge on any atom is -0.345 e. The van der Waals surface area contributed by atoms with E-state index in [1.165, 1.54) is 22.0 Å². The van der Waals surface area contributed by atoms with E-state index in [1.807, 2.05) is 69.3 Å². The predicted octanol–water partition coefficient (Wildman–Crippen LogP) is 4.40. The van der Waals surface area contributed by atoms with Gasteiger partial charge in [0.25, 0.3) is 5.91 Å². The van der Waals surface area contributed by atoms with Crippen LogP contribution in [0.25, 0.3) is 16.6 Å². The van der Waals surface area contributed by atoms with Crippen molar-refractivity contribution >= 4 is 39.7 Å². The largest absolute Gasteiger partial charge is 0.345 e. The fourth-order valence-electron chi connectivity index (χ4n) is 5.40. The normalized spacial score (nSPS) is 18.4. The van der Waals surface area contributed by atoms with Crippen molar-refractivity contribution in [1.29, 1.82) is 0 Å². The topological polar surface area (TPSA) is 102 Å². The molecule has 0 unspecified atom stereocenters. The molecule has 3 aromatic heterocycles. The number of hydrogen-bond donors (Lipinski definition) is 1. The summed E-state index contributed by atoms with van der Waals surface area (Å²) in [4.78, 5) is 45.8. The fraction of sp³-hybridized carbons (Fsp3) is 0.233. The second-order valence-corrected chi connectivity index (χ2v) is 11.8. The molecule has 2 aromatic carbocycles. The second-order valence-electron chi connectivity index (χ2n) is 10.6. The lowest BCUT2D eigenvalue weighted by atomic mass is 9.82. The highest BCUT2D eigenvalue weighted by atomic mass is 32.1. The summed E-state index contributed by atoms with van der Waals surface area (Å²) in [5, 5.41) is 9.38. The number of hydrogen-bond acceptors (Lipinski definition) is 6. The van der Waals surface area contributed by atoms with E-state index in [0.29, 0.717) is 10.6 Å². The number of pyridine rings is 1. The molecule has 5 aromatic rings. The van der Waals surface area contributed by atoms with Crippen LogP contribution in [0.15, 0.2) is 84.0 Å². The third-order valence-electron chi connectivity index (χ3n) is 7.56. The Kier molecular flexibility index (Phi) is 6.14. The van der Waals surface area contributed by atoms with Gasteiger partial charge in [-0.15, -0.1) is 11.3 Å². The highest BCUT2D eigenvalue weighted by molar-refractivity contribution is 7.13. The minimum absolute atomic E-state index is 0.0862. The van der Waals surface area contributed by atoms with E-state index < -0.39 is 17.5 Å². The van der Waals surface area contributed by atoms with Crippen LogP contribution in [-0.2, 0) is 11.8 Å². The molecule has 0 bridgehead atoms. The molecule has 0 spiro atoms. The number of nitrogens with one attached hydrogen (secondary N) is 1. The Morgan fingerprint density at radius 1 is 1.00 bits per heavy atom. The fourth-order valence-corrected chi connectivity index (χ4v) is 6.08. The average molecular weight is 553 g/mol. The van der Waals surface area contributed by atoms with E-state index in [1.54, 1.807) is 41.3 Å². The first kappa shape index (κ1) is 25.7. The van der Waals surface area contributed by atoms with Gasteiger partial charge >= 0.3 is 0 Å². The zero-order chi connectivity index (χ0) is 28.2. The maximum atomic E-state index is 14.1. The molecule has 1 fully saturated rings. The van der Waals surface area contributed by atoms with Gasteiger partial charge in [-0.2, -0.15) is 5.10 Å². The first-order valence-electron chi connectivity index (χ1n) is 12.9. The minimum atomic E-state index is -0.885. The SMILES string of the molecule is Cc1ncc(C(=O)N[C@H]2[C@H](c3ccccc3)N(c3ccc4c(cnn4-c4ccc(=O)n(C)c4)c3)C(=O)C2(C)C)s1. The number of amides is 2. The molecule has 1 N–H and O–H groups in total. The summed E-state index contributed by atoms with van der Waals surface area (Å²) in [6.07, 6.45) is 5.06. The predicted molar refractivity (Wildman–Crippen MR) is 155 cm³/mol. The van der Waals surface area contributed by atoms with Crippen LogP contribution in [0, 0.1) is 12.3 Å². The molecule has 0 aliphatic carbocycles. The van der Waals surface area contributed by atoms with E-state index >= 15 is 0 Å². The summed E-state index contributed by atoms with van der Waals surface area (Å²) >= 11 is 1.33. The van der Waals surface area contributed by atoms with Crippen LogP contribution in [-0.4, -0.2) is 37.2 Å². The van der Waals surface area contributed by atoms with Gasteiger partial charge in [0.05, 0.1) is 46.1 Å². The Labute approximate surface area is 234 Å². The average Bonchev–Trinajstić information content (AvgIpc) is 3.62. The van der Waals surface area contributed by atoms with Crippen LogP contribution in [0.2, 0.25) is 0 Å². The van der Waals surface area contributed by atoms with E-state index in [0.717, 1.165) is 27.2 Å². The Hall–Kier alpha value is -4.57. The number of benzene rings is 2. The molecule has 1 aliphatic heterocycles. The van der Waals surface area contributed by atoms with Gasteiger partial charge in [0.2, 0.25) is 11.5 Å². The highest BCUT2D eigenvalue weighted by Crippen LogP contribution is 2.47. The Balaban J connectivity index is 1.43. The molecule has 6 rings (SSSR count). The summed E-state index contributed by atoms with van der Waals surface area (Å²) in [6.45, 7) is 5.62. The molecule has 1 aliphatic rings. The van der Waals surface area contributed by atoms with Crippen molar-refractivity contribution in [3.05, 3.63) is 105 Å². The van der Waals surface area contributed by atoms with Crippen molar-refractivity contribution in [2.24, 2.45) is 12.5 Å². The van der Waals surface area contributed by atoms with E-state index in [9.17, 15) is 14.4 Å². The van der Waals surface area contributed by atoms with E-state index in [4.69, 9.17) is 0 Å². The molecule has 40 heavy (non-hydrogen) atoms. The molecular formula is C30H28N6O3S. The van der Waals surface area contributed by atoms with Crippen molar-refractivity contribution in [1.82, 2.24) is 24.6 Å². The van der Waals surface area contributed by atoms with Gasteiger partial charge in [0.1, 0.15) is 4.88 Å². The van der Waals surface area contributed by atoms with Crippen molar-refractivity contribution in [3.8, 4) is 5.69 Å². The molecule has 2 atom stereocenters. The van der Waals surface area contributed by atoms with Gasteiger partial charge in [-0.1, -0.05) is 30.3 Å². The van der Waals surface area contributed by atoms with Crippen molar-refractivity contribution in [3.63, 3.8) is 0 Å². The van der Waals surface area contributed by atoms with E-state index in [-0.39, 0.29) is 17.4 Å². The van der Waals surface area contributed by atoms with Gasteiger partial charge in [0, 0.05) is 30.4 Å². The van der Waals surface area contributed by atoms with Crippen molar-refractivity contribution in [2.45, 2.75) is 32.9 Å². The van der Waals surface area contributed by atoms with Crippen LogP contribution < -0.4 is 15.8 Å². The first-order valence-corrected chi connectivity index (χ1v) is 13.7. The van der Waals surface area contributed by atoms with Crippen LogP contribution in [0.5, 0.6) is 0 Å². The molecule has 0 radical (unpaired) electrons. The van der Waals surface area contributed by atoms with Crippen LogP contribution in [0.4, 0.5) is 5.69 Å². The number of carbonyl (C=O) groups excluding carboxylic acids is 2. The molecule has 9 nitrogen and oxygen atoms in total. The maximum absolute atomic E-state index is 14.1. The van der Waals surface area contributed by atoms with Gasteiger partial charge in [-0.25, -0.2) is 9.67 Å². The number of nitrogens with zero attached hydrogens (tertiary/aromatic N) is 5. The maximum Gasteiger partial charge on any atom is 0.263 e. The third kappa shape index (κ3) is 4.21. The van der Waals surface area contributed by atoms with Crippen LogP contribution >= 0.6 is 11.3 Å². The number of rotatable bonds is 5. The monoisotopic (exact) mass is 552 g/mol. The van der Waals surface area contributed by atoms with Gasteiger partial charge in [-0.05, 0) is 50.6 Å². The highest BCUT2D eigenvalue weighted by Gasteiger charge is 2.55. The number of fused-ring (bicyclic) bond motifs is 1. The second kappa shape index (κ2) is 9.56. The third-order valence-corrected chi connectivity index (χ3v) is 8.47. The Morgan fingerprint density at radius 3 is 2.45 bits per heavy atom. The summed E-state index contributed by atoms with van der Waals surface area (Å²) in [5.41, 5.74) is 2.25. The first-order chi connectivity index (χ1) is 19.1. The summed E-state index contributed by atoms with van der Waals surface area (Å²) in [5.74, 6) is -0.329. The summed E-state index contributed by atoms with van der Waals surface area (Å²) in [7, 11) is 1.70. The lowest BCUT2D eigenvalue weighted by Gasteiger charge is -2.30. The molecule has 2 amide bonds. The van der Waals surface area contributed by atoms with Crippen molar-refractivity contribution < 1.29 is 9.59 Å². The number of anilines is 1. The molecule has 1 saturated heterocycles. The van der Waals surface area contributed by atoms with Crippen molar-refractivity contribution in [2.75, 3.05) is 4.90 Å². The van der Waals surface area contributed by atoms with Gasteiger partial charge in [-0.3, -0.25) is 14.4 Å².